The first-order valence-corrected chi connectivity index (χ1v) is 11.1. The fourth-order valence-electron chi connectivity index (χ4n) is 3.52. The number of carbonyl (C=O) groups is 2. The van der Waals surface area contributed by atoms with Crippen LogP contribution in [0.5, 0.6) is 5.75 Å². The quantitative estimate of drug-likeness (QED) is 0.493. The van der Waals surface area contributed by atoms with Crippen molar-refractivity contribution in [1.82, 2.24) is 9.88 Å². The summed E-state index contributed by atoms with van der Waals surface area (Å²) in [6.45, 7) is 0.0348. The van der Waals surface area contributed by atoms with Gasteiger partial charge in [0.05, 0.1) is 38.6 Å². The van der Waals surface area contributed by atoms with E-state index in [0.717, 1.165) is 27.6 Å². The third-order valence-electron chi connectivity index (χ3n) is 5.22. The maximum absolute atomic E-state index is 12.8. The monoisotopic (exact) mass is 465 g/mol. The molecule has 2 aromatic carbocycles. The van der Waals surface area contributed by atoms with Crippen molar-refractivity contribution in [3.05, 3.63) is 65.2 Å². The predicted octanol–water partition coefficient (Wildman–Crippen LogP) is 3.16. The first-order chi connectivity index (χ1) is 16.0. The van der Waals surface area contributed by atoms with Crippen molar-refractivity contribution in [2.75, 3.05) is 39.2 Å². The van der Waals surface area contributed by atoms with E-state index in [-0.39, 0.29) is 36.9 Å². The number of nitrogens with one attached hydrogen (secondary N) is 1. The Labute approximate surface area is 195 Å². The van der Waals surface area contributed by atoms with Crippen LogP contribution in [0.15, 0.2) is 65.2 Å². The number of rotatable bonds is 8. The van der Waals surface area contributed by atoms with E-state index in [1.54, 1.807) is 7.11 Å². The molecule has 0 saturated heterocycles. The van der Waals surface area contributed by atoms with Gasteiger partial charge in [0.2, 0.25) is 0 Å². The Morgan fingerprint density at radius 2 is 1.97 bits per heavy atom. The fraction of sp³-hybridized carbons (Fsp3) is 0.208. The molecule has 0 fully saturated rings. The van der Waals surface area contributed by atoms with Crippen LogP contribution in [-0.4, -0.2) is 60.8 Å². The van der Waals surface area contributed by atoms with Crippen LogP contribution in [0.3, 0.4) is 0 Å². The van der Waals surface area contributed by atoms with Crippen LogP contribution in [-0.2, 0) is 14.3 Å². The number of β-amino-alcohol motifs (C(OH)–C–C–N with tert-alkyl or cyclic N) is 1. The number of benzene rings is 2. The van der Waals surface area contributed by atoms with E-state index < -0.39 is 5.97 Å². The number of methoxy groups -OCH3 is 2. The van der Waals surface area contributed by atoms with E-state index in [9.17, 15) is 14.7 Å². The largest absolute Gasteiger partial charge is 0.497 e. The summed E-state index contributed by atoms with van der Waals surface area (Å²) in [6.07, 6.45) is 0. The average Bonchev–Trinajstić information content (AvgIpc) is 3.46. The smallest absolute Gasteiger partial charge is 0.337 e. The molecule has 0 bridgehead atoms. The van der Waals surface area contributed by atoms with Gasteiger partial charge >= 0.3 is 5.97 Å². The molecule has 1 aliphatic rings. The van der Waals surface area contributed by atoms with E-state index in [4.69, 9.17) is 14.5 Å². The fourth-order valence-corrected chi connectivity index (χ4v) is 4.35. The molecule has 33 heavy (non-hydrogen) atoms. The van der Waals surface area contributed by atoms with Crippen LogP contribution in [0.25, 0.3) is 21.8 Å². The van der Waals surface area contributed by atoms with Crippen molar-refractivity contribution in [3.63, 3.8) is 0 Å². The number of aliphatic hydroxyl groups excluding tert-OH is 1. The van der Waals surface area contributed by atoms with Gasteiger partial charge in [0.15, 0.2) is 0 Å². The number of aliphatic hydroxyl groups is 1. The predicted molar refractivity (Wildman–Crippen MR) is 126 cm³/mol. The van der Waals surface area contributed by atoms with Crippen molar-refractivity contribution in [1.29, 1.82) is 0 Å². The standard InChI is InChI=1S/C24H23N3O5S/c1-31-18-8-6-15(7-9-18)20-14-33-22(26-20)16-4-3-5-17(12-16)25-21-19(24(30)32-2)13-27(10-11-28)23(21)29/h3-9,12,14,25,28H,10-11,13H2,1-2H3. The van der Waals surface area contributed by atoms with E-state index in [0.29, 0.717) is 5.69 Å². The number of thiazole rings is 1. The second kappa shape index (κ2) is 9.85. The van der Waals surface area contributed by atoms with Gasteiger partial charge in [0.1, 0.15) is 16.5 Å². The Balaban J connectivity index is 1.58. The van der Waals surface area contributed by atoms with Gasteiger partial charge in [-0.25, -0.2) is 9.78 Å². The molecule has 0 atom stereocenters. The number of hydrogen-bond donors (Lipinski definition) is 2. The highest BCUT2D eigenvalue weighted by atomic mass is 32.1. The van der Waals surface area contributed by atoms with Gasteiger partial charge in [-0.15, -0.1) is 11.3 Å². The van der Waals surface area contributed by atoms with Crippen molar-refractivity contribution in [2.45, 2.75) is 0 Å². The molecule has 9 heteroatoms. The summed E-state index contributed by atoms with van der Waals surface area (Å²) < 4.78 is 10.0. The number of hydrogen-bond acceptors (Lipinski definition) is 8. The molecule has 8 nitrogen and oxygen atoms in total. The van der Waals surface area contributed by atoms with Crippen LogP contribution >= 0.6 is 11.3 Å². The third kappa shape index (κ3) is 4.74. The van der Waals surface area contributed by atoms with Gasteiger partial charge in [0.25, 0.3) is 5.91 Å². The maximum Gasteiger partial charge on any atom is 0.337 e. The zero-order valence-electron chi connectivity index (χ0n) is 18.2. The minimum Gasteiger partial charge on any atom is -0.497 e. The zero-order chi connectivity index (χ0) is 23.4. The van der Waals surface area contributed by atoms with Gasteiger partial charge < -0.3 is 24.8 Å². The lowest BCUT2D eigenvalue weighted by Crippen LogP contribution is -2.31. The Morgan fingerprint density at radius 3 is 2.67 bits per heavy atom. The Hall–Kier alpha value is -3.69. The highest BCUT2D eigenvalue weighted by Crippen LogP contribution is 2.32. The summed E-state index contributed by atoms with van der Waals surface area (Å²) >= 11 is 1.52. The number of esters is 1. The van der Waals surface area contributed by atoms with Crippen molar-refractivity contribution < 1.29 is 24.2 Å². The first kappa shape index (κ1) is 22.5. The lowest BCUT2D eigenvalue weighted by atomic mass is 10.1. The minimum atomic E-state index is -0.577. The zero-order valence-corrected chi connectivity index (χ0v) is 19.0. The number of carbonyl (C=O) groups excluding carboxylic acids is 2. The SMILES string of the molecule is COC(=O)C1=C(Nc2cccc(-c3nc(-c4ccc(OC)cc4)cs3)c2)C(=O)N(CCO)C1. The summed E-state index contributed by atoms with van der Waals surface area (Å²) in [5.41, 5.74) is 3.76. The molecule has 1 aromatic heterocycles. The molecule has 0 saturated carbocycles. The molecule has 3 aromatic rings. The summed E-state index contributed by atoms with van der Waals surface area (Å²) in [7, 11) is 2.90. The number of ether oxygens (including phenoxy) is 2. The molecule has 1 aliphatic heterocycles. The van der Waals surface area contributed by atoms with E-state index in [1.807, 2.05) is 53.9 Å². The van der Waals surface area contributed by atoms with E-state index in [2.05, 4.69) is 5.32 Å². The normalized spacial score (nSPS) is 13.4. The number of aromatic nitrogens is 1. The second-order valence-corrected chi connectivity index (χ2v) is 8.13. The second-order valence-electron chi connectivity index (χ2n) is 7.27. The average molecular weight is 466 g/mol. The Kier molecular flexibility index (Phi) is 6.71. The molecule has 1 amide bonds. The molecule has 2 N–H and O–H groups in total. The van der Waals surface area contributed by atoms with E-state index in [1.165, 1.54) is 23.3 Å². The van der Waals surface area contributed by atoms with E-state index >= 15 is 0 Å². The van der Waals surface area contributed by atoms with Crippen LogP contribution in [0, 0.1) is 0 Å². The van der Waals surface area contributed by atoms with Gasteiger partial charge in [-0.05, 0) is 36.4 Å². The summed E-state index contributed by atoms with van der Waals surface area (Å²) in [4.78, 5) is 31.1. The summed E-state index contributed by atoms with van der Waals surface area (Å²) in [5, 5.41) is 15.1. The lowest BCUT2D eigenvalue weighted by molar-refractivity contribution is -0.136. The van der Waals surface area contributed by atoms with Gasteiger partial charge in [-0.2, -0.15) is 0 Å². The molecular formula is C24H23N3O5S. The molecule has 0 radical (unpaired) electrons. The summed E-state index contributed by atoms with van der Waals surface area (Å²) in [6, 6.07) is 15.2. The molecule has 170 valence electrons. The first-order valence-electron chi connectivity index (χ1n) is 10.2. The van der Waals surface area contributed by atoms with Crippen molar-refractivity contribution >= 4 is 28.9 Å². The molecule has 0 unspecified atom stereocenters. The third-order valence-corrected chi connectivity index (χ3v) is 6.11. The van der Waals surface area contributed by atoms with Gasteiger partial charge in [0, 0.05) is 28.7 Å². The number of anilines is 1. The van der Waals surface area contributed by atoms with Crippen LogP contribution in [0.1, 0.15) is 0 Å². The topological polar surface area (TPSA) is 101 Å². The van der Waals surface area contributed by atoms with Crippen LogP contribution < -0.4 is 10.1 Å². The van der Waals surface area contributed by atoms with Crippen molar-refractivity contribution in [2.24, 2.45) is 0 Å². The lowest BCUT2D eigenvalue weighted by Gasteiger charge is -2.15. The molecule has 0 spiro atoms. The maximum atomic E-state index is 12.8. The molecular weight excluding hydrogens is 442 g/mol. The van der Waals surface area contributed by atoms with Crippen LogP contribution in [0.4, 0.5) is 5.69 Å². The highest BCUT2D eigenvalue weighted by Gasteiger charge is 2.34. The minimum absolute atomic E-state index is 0.0891. The van der Waals surface area contributed by atoms with Gasteiger partial charge in [-0.3, -0.25) is 4.79 Å². The number of amides is 1. The summed E-state index contributed by atoms with van der Waals surface area (Å²) in [5.74, 6) is -0.148. The van der Waals surface area contributed by atoms with Crippen LogP contribution in [0.2, 0.25) is 0 Å². The molecule has 2 heterocycles. The molecule has 0 aliphatic carbocycles. The number of nitrogens with zero attached hydrogens (tertiary/aromatic N) is 2. The van der Waals surface area contributed by atoms with Crippen molar-refractivity contribution in [3.8, 4) is 27.6 Å². The van der Waals surface area contributed by atoms with Gasteiger partial charge in [-0.1, -0.05) is 12.1 Å². The highest BCUT2D eigenvalue weighted by molar-refractivity contribution is 7.13. The Bertz CT molecular complexity index is 1200. The molecule has 4 rings (SSSR count). The Morgan fingerprint density at radius 1 is 1.18 bits per heavy atom.